The number of hydrogen-bond donors (Lipinski definition) is 1. The molecule has 3 aromatic carbocycles. The van der Waals surface area contributed by atoms with Crippen LogP contribution in [-0.4, -0.2) is 26.0 Å². The van der Waals surface area contributed by atoms with Gasteiger partial charge in [-0.15, -0.1) is 0 Å². The SMILES string of the molecule is C=C(c1c(F)cccc1F)N(C)c1ccc(-c2cc(C(N)=O)ccc2Cl)cc1N1CC2CC2C1. The van der Waals surface area contributed by atoms with Crippen LogP contribution in [0, 0.1) is 23.5 Å². The molecular weight excluding hydrogens is 456 g/mol. The molecule has 3 aromatic rings. The standard InChI is InChI=1S/C27H24ClF2N3O/c1-15(26-22(29)4-3-5-23(26)30)32(2)24-9-7-16(12-25(24)33-13-18-10-19(18)14-33)20-11-17(27(31)34)6-8-21(20)28/h3-9,11-12,18-19H,1,10,13-14H2,2H3,(H2,31,34). The molecule has 2 unspecified atom stereocenters. The molecule has 0 radical (unpaired) electrons. The molecule has 1 aliphatic heterocycles. The predicted molar refractivity (Wildman–Crippen MR) is 133 cm³/mol. The minimum absolute atomic E-state index is 0.151. The van der Waals surface area contributed by atoms with Crippen molar-refractivity contribution in [1.82, 2.24) is 0 Å². The molecule has 2 atom stereocenters. The first-order valence-electron chi connectivity index (χ1n) is 11.1. The average molecular weight is 480 g/mol. The third-order valence-corrected chi connectivity index (χ3v) is 7.20. The molecule has 4 nitrogen and oxygen atoms in total. The minimum Gasteiger partial charge on any atom is -0.369 e. The summed E-state index contributed by atoms with van der Waals surface area (Å²) < 4.78 is 29.0. The van der Waals surface area contributed by atoms with Crippen LogP contribution in [0.4, 0.5) is 20.2 Å². The first-order valence-corrected chi connectivity index (χ1v) is 11.5. The molecule has 2 N–H and O–H groups in total. The summed E-state index contributed by atoms with van der Waals surface area (Å²) in [6.07, 6.45) is 1.24. The van der Waals surface area contributed by atoms with Crippen LogP contribution in [0.3, 0.4) is 0 Å². The van der Waals surface area contributed by atoms with E-state index in [1.807, 2.05) is 18.2 Å². The van der Waals surface area contributed by atoms with Crippen molar-refractivity contribution < 1.29 is 13.6 Å². The Balaban J connectivity index is 1.59. The molecule has 34 heavy (non-hydrogen) atoms. The molecule has 7 heteroatoms. The number of anilines is 2. The number of halogens is 3. The van der Waals surface area contributed by atoms with Crippen LogP contribution in [0.25, 0.3) is 16.8 Å². The number of hydrogen-bond acceptors (Lipinski definition) is 3. The van der Waals surface area contributed by atoms with Crippen LogP contribution in [0.2, 0.25) is 5.02 Å². The Morgan fingerprint density at radius 3 is 2.41 bits per heavy atom. The fourth-order valence-electron chi connectivity index (χ4n) is 4.81. The fraction of sp³-hybridized carbons (Fsp3) is 0.222. The van der Waals surface area contributed by atoms with Crippen molar-refractivity contribution in [3.63, 3.8) is 0 Å². The molecule has 0 spiro atoms. The average Bonchev–Trinajstić information content (AvgIpc) is 3.42. The number of primary amides is 1. The Bertz CT molecular complexity index is 1290. The summed E-state index contributed by atoms with van der Waals surface area (Å²) in [4.78, 5) is 15.7. The van der Waals surface area contributed by atoms with Gasteiger partial charge in [0, 0.05) is 42.0 Å². The van der Waals surface area contributed by atoms with E-state index in [9.17, 15) is 13.6 Å². The maximum absolute atomic E-state index is 14.5. The molecule has 0 aromatic heterocycles. The van der Waals surface area contributed by atoms with Gasteiger partial charge < -0.3 is 15.5 Å². The molecule has 1 heterocycles. The van der Waals surface area contributed by atoms with Crippen molar-refractivity contribution in [1.29, 1.82) is 0 Å². The summed E-state index contributed by atoms with van der Waals surface area (Å²) in [5.74, 6) is -0.496. The van der Waals surface area contributed by atoms with Gasteiger partial charge in [-0.25, -0.2) is 8.78 Å². The van der Waals surface area contributed by atoms with Crippen LogP contribution in [-0.2, 0) is 0 Å². The van der Waals surface area contributed by atoms with E-state index in [1.54, 1.807) is 30.1 Å². The number of fused-ring (bicyclic) bond motifs is 1. The lowest BCUT2D eigenvalue weighted by molar-refractivity contribution is 0.100. The maximum atomic E-state index is 14.5. The molecule has 5 rings (SSSR count). The Kier molecular flexibility index (Phi) is 5.56. The molecule has 1 saturated heterocycles. The van der Waals surface area contributed by atoms with Gasteiger partial charge in [0.05, 0.1) is 16.9 Å². The predicted octanol–water partition coefficient (Wildman–Crippen LogP) is 5.95. The van der Waals surface area contributed by atoms with Gasteiger partial charge in [-0.2, -0.15) is 0 Å². The fourth-order valence-corrected chi connectivity index (χ4v) is 5.04. The van der Waals surface area contributed by atoms with Crippen molar-refractivity contribution in [2.24, 2.45) is 17.6 Å². The highest BCUT2D eigenvalue weighted by molar-refractivity contribution is 6.33. The zero-order valence-electron chi connectivity index (χ0n) is 18.7. The number of benzene rings is 3. The molecular formula is C27H24ClF2N3O. The van der Waals surface area contributed by atoms with E-state index in [2.05, 4.69) is 11.5 Å². The number of rotatable bonds is 6. The molecule has 2 fully saturated rings. The monoisotopic (exact) mass is 479 g/mol. The van der Waals surface area contributed by atoms with E-state index in [0.717, 1.165) is 30.0 Å². The van der Waals surface area contributed by atoms with Crippen LogP contribution in [0.5, 0.6) is 0 Å². The Morgan fingerprint density at radius 1 is 1.09 bits per heavy atom. The molecule has 174 valence electrons. The molecule has 1 aliphatic carbocycles. The molecule has 1 saturated carbocycles. The summed E-state index contributed by atoms with van der Waals surface area (Å²) in [5, 5.41) is 0.499. The zero-order chi connectivity index (χ0) is 24.1. The maximum Gasteiger partial charge on any atom is 0.248 e. The van der Waals surface area contributed by atoms with Gasteiger partial charge in [0.15, 0.2) is 0 Å². The van der Waals surface area contributed by atoms with Crippen LogP contribution in [0.1, 0.15) is 22.3 Å². The lowest BCUT2D eigenvalue weighted by Crippen LogP contribution is -2.26. The van der Waals surface area contributed by atoms with Crippen molar-refractivity contribution in [2.75, 3.05) is 29.9 Å². The van der Waals surface area contributed by atoms with Gasteiger partial charge in [0.2, 0.25) is 5.91 Å². The van der Waals surface area contributed by atoms with E-state index >= 15 is 0 Å². The van der Waals surface area contributed by atoms with Crippen LogP contribution < -0.4 is 15.5 Å². The molecule has 2 aliphatic rings. The van der Waals surface area contributed by atoms with Crippen molar-refractivity contribution >= 4 is 34.6 Å². The number of carbonyl (C=O) groups excluding carboxylic acids is 1. The Hall–Kier alpha value is -3.38. The van der Waals surface area contributed by atoms with Crippen LogP contribution >= 0.6 is 11.6 Å². The summed E-state index contributed by atoms with van der Waals surface area (Å²) in [7, 11) is 1.75. The molecule has 1 amide bonds. The number of piperidine rings is 1. The van der Waals surface area contributed by atoms with Crippen molar-refractivity contribution in [3.8, 4) is 11.1 Å². The summed E-state index contributed by atoms with van der Waals surface area (Å²) in [6, 6.07) is 14.5. The van der Waals surface area contributed by atoms with E-state index < -0.39 is 17.5 Å². The van der Waals surface area contributed by atoms with Gasteiger partial charge in [-0.05, 0) is 66.3 Å². The normalized spacial score (nSPS) is 18.5. The first kappa shape index (κ1) is 22.4. The lowest BCUT2D eigenvalue weighted by Gasteiger charge is -2.30. The van der Waals surface area contributed by atoms with Gasteiger partial charge in [0.1, 0.15) is 11.6 Å². The Morgan fingerprint density at radius 2 is 1.76 bits per heavy atom. The minimum atomic E-state index is -0.660. The smallest absolute Gasteiger partial charge is 0.248 e. The third kappa shape index (κ3) is 3.92. The Labute approximate surface area is 202 Å². The van der Waals surface area contributed by atoms with Gasteiger partial charge in [-0.3, -0.25) is 4.79 Å². The third-order valence-electron chi connectivity index (χ3n) is 6.87. The first-order chi connectivity index (χ1) is 16.2. The van der Waals surface area contributed by atoms with Gasteiger partial charge in [-0.1, -0.05) is 30.3 Å². The highest BCUT2D eigenvalue weighted by Crippen LogP contribution is 2.49. The highest BCUT2D eigenvalue weighted by atomic mass is 35.5. The van der Waals surface area contributed by atoms with E-state index in [1.165, 1.54) is 24.6 Å². The van der Waals surface area contributed by atoms with E-state index in [4.69, 9.17) is 17.3 Å². The summed E-state index contributed by atoms with van der Waals surface area (Å²) in [6.45, 7) is 5.84. The topological polar surface area (TPSA) is 49.6 Å². The zero-order valence-corrected chi connectivity index (χ0v) is 19.4. The second kappa shape index (κ2) is 8.44. The number of carbonyl (C=O) groups is 1. The number of nitrogens with two attached hydrogens (primary N) is 1. The number of nitrogens with zero attached hydrogens (tertiary/aromatic N) is 2. The summed E-state index contributed by atoms with van der Waals surface area (Å²) in [5.41, 5.74) is 9.12. The van der Waals surface area contributed by atoms with E-state index in [0.29, 0.717) is 28.0 Å². The van der Waals surface area contributed by atoms with Crippen LogP contribution in [0.15, 0.2) is 61.2 Å². The second-order valence-corrected chi connectivity index (χ2v) is 9.43. The molecule has 0 bridgehead atoms. The largest absolute Gasteiger partial charge is 0.369 e. The van der Waals surface area contributed by atoms with Crippen molar-refractivity contribution in [3.05, 3.63) is 89.0 Å². The number of amides is 1. The van der Waals surface area contributed by atoms with Crippen molar-refractivity contribution in [2.45, 2.75) is 6.42 Å². The second-order valence-electron chi connectivity index (χ2n) is 9.03. The highest BCUT2D eigenvalue weighted by Gasteiger charge is 2.45. The summed E-state index contributed by atoms with van der Waals surface area (Å²) >= 11 is 6.47. The van der Waals surface area contributed by atoms with Gasteiger partial charge >= 0.3 is 0 Å². The van der Waals surface area contributed by atoms with E-state index in [-0.39, 0.29) is 11.3 Å². The quantitative estimate of drug-likeness (QED) is 0.475. The van der Waals surface area contributed by atoms with Gasteiger partial charge in [0.25, 0.3) is 0 Å². The lowest BCUT2D eigenvalue weighted by atomic mass is 10.0.